The average molecular weight is 589 g/mol. The molecule has 2 aliphatic rings. The molecule has 0 aromatic heterocycles. The molecule has 0 spiro atoms. The van der Waals surface area contributed by atoms with Crippen molar-refractivity contribution in [2.24, 2.45) is 5.92 Å². The van der Waals surface area contributed by atoms with Gasteiger partial charge in [-0.15, -0.1) is 11.8 Å². The van der Waals surface area contributed by atoms with E-state index in [4.69, 9.17) is 0 Å². The van der Waals surface area contributed by atoms with E-state index in [0.717, 1.165) is 25.0 Å². The van der Waals surface area contributed by atoms with Gasteiger partial charge in [-0.2, -0.15) is 0 Å². The fraction of sp³-hybridized carbons (Fsp3) is 0.269. The Labute approximate surface area is 214 Å². The summed E-state index contributed by atoms with van der Waals surface area (Å²) in [5.74, 6) is -1.48. The van der Waals surface area contributed by atoms with Crippen LogP contribution in [0.3, 0.4) is 0 Å². The molecule has 5 rings (SSSR count). The highest BCUT2D eigenvalue weighted by Gasteiger charge is 2.75. The zero-order valence-corrected chi connectivity index (χ0v) is 22.1. The van der Waals surface area contributed by atoms with Crippen molar-refractivity contribution in [1.29, 1.82) is 0 Å². The van der Waals surface area contributed by atoms with E-state index in [9.17, 15) is 15.0 Å². The van der Waals surface area contributed by atoms with Crippen LogP contribution in [0.1, 0.15) is 22.6 Å². The summed E-state index contributed by atoms with van der Waals surface area (Å²) in [6, 6.07) is 23.4. The Kier molecular flexibility index (Phi) is 5.77. The van der Waals surface area contributed by atoms with E-state index in [0.29, 0.717) is 5.56 Å². The molecule has 1 aliphatic heterocycles. The smallest absolute Gasteiger partial charge is 0.228 e. The van der Waals surface area contributed by atoms with Crippen LogP contribution in [0.25, 0.3) is 0 Å². The Morgan fingerprint density at radius 2 is 1.61 bits per heavy atom. The Bertz CT molecular complexity index is 1220. The van der Waals surface area contributed by atoms with E-state index >= 15 is 0 Å². The van der Waals surface area contributed by atoms with Crippen LogP contribution in [0.2, 0.25) is 0 Å². The minimum absolute atomic E-state index is 0.199. The van der Waals surface area contributed by atoms with Gasteiger partial charge in [0, 0.05) is 39.4 Å². The maximum absolute atomic E-state index is 13.5. The second-order valence-corrected chi connectivity index (χ2v) is 12.0. The lowest BCUT2D eigenvalue weighted by Gasteiger charge is -2.41. The molecule has 0 saturated heterocycles. The number of fused-ring (bicyclic) bond motifs is 3. The largest absolute Gasteiger partial charge is 0.389 e. The Balaban J connectivity index is 1.87. The van der Waals surface area contributed by atoms with E-state index in [2.05, 4.69) is 31.9 Å². The summed E-state index contributed by atoms with van der Waals surface area (Å²) in [4.78, 5) is 15.9. The number of halogens is 2. The van der Waals surface area contributed by atoms with Gasteiger partial charge in [0.1, 0.15) is 11.7 Å². The van der Waals surface area contributed by atoms with Gasteiger partial charge in [0.25, 0.3) is 0 Å². The second-order valence-electron chi connectivity index (χ2n) is 8.84. The molecular formula is C26H23Br2NO3S. The van der Waals surface area contributed by atoms with Gasteiger partial charge in [-0.1, -0.05) is 80.4 Å². The quantitative estimate of drug-likeness (QED) is 0.438. The average Bonchev–Trinajstić information content (AvgIpc) is 3.17. The lowest BCUT2D eigenvalue weighted by molar-refractivity contribution is -0.142. The first kappa shape index (κ1) is 23.1. The van der Waals surface area contributed by atoms with E-state index in [1.165, 1.54) is 16.7 Å². The molecule has 1 saturated carbocycles. The molecule has 1 aliphatic carbocycles. The van der Waals surface area contributed by atoms with E-state index in [1.54, 1.807) is 14.1 Å². The number of aliphatic hydroxyl groups excluding tert-OH is 1. The molecule has 1 amide bonds. The van der Waals surface area contributed by atoms with Crippen molar-refractivity contribution in [1.82, 2.24) is 4.90 Å². The van der Waals surface area contributed by atoms with E-state index in [-0.39, 0.29) is 5.91 Å². The van der Waals surface area contributed by atoms with Crippen LogP contribution >= 0.6 is 43.6 Å². The fourth-order valence-corrected chi connectivity index (χ4v) is 8.25. The number of carbonyl (C=O) groups excluding carboxylic acids is 1. The highest BCUT2D eigenvalue weighted by atomic mass is 79.9. The molecule has 3 aromatic carbocycles. The third-order valence-corrected chi connectivity index (χ3v) is 9.62. The number of thioether (sulfide) groups is 1. The summed E-state index contributed by atoms with van der Waals surface area (Å²) in [5, 5.41) is 24.4. The van der Waals surface area contributed by atoms with Crippen molar-refractivity contribution in [2.45, 2.75) is 27.3 Å². The van der Waals surface area contributed by atoms with Crippen molar-refractivity contribution >= 4 is 49.5 Å². The Morgan fingerprint density at radius 1 is 0.970 bits per heavy atom. The van der Waals surface area contributed by atoms with Crippen LogP contribution in [0.5, 0.6) is 0 Å². The summed E-state index contributed by atoms with van der Waals surface area (Å²) in [6.07, 6.45) is -1.30. The number of amides is 1. The minimum atomic E-state index is -1.67. The zero-order valence-electron chi connectivity index (χ0n) is 18.1. The van der Waals surface area contributed by atoms with Crippen LogP contribution in [0, 0.1) is 5.92 Å². The molecule has 1 heterocycles. The first-order valence-corrected chi connectivity index (χ1v) is 13.0. The molecule has 7 heteroatoms. The monoisotopic (exact) mass is 587 g/mol. The molecular weight excluding hydrogens is 566 g/mol. The summed E-state index contributed by atoms with van der Waals surface area (Å²) >= 11 is 8.61. The third kappa shape index (κ3) is 3.20. The molecule has 4 nitrogen and oxygen atoms in total. The van der Waals surface area contributed by atoms with Crippen LogP contribution < -0.4 is 0 Å². The molecule has 0 radical (unpaired) electrons. The maximum atomic E-state index is 13.5. The molecule has 1 fully saturated rings. The molecule has 3 aromatic rings. The summed E-state index contributed by atoms with van der Waals surface area (Å²) in [7, 11) is 3.39. The topological polar surface area (TPSA) is 60.8 Å². The van der Waals surface area contributed by atoms with Crippen molar-refractivity contribution in [3.8, 4) is 0 Å². The number of benzene rings is 3. The van der Waals surface area contributed by atoms with E-state index in [1.807, 2.05) is 72.8 Å². The normalized spacial score (nSPS) is 30.1. The highest BCUT2D eigenvalue weighted by Crippen LogP contribution is 2.74. The van der Waals surface area contributed by atoms with Crippen molar-refractivity contribution in [2.75, 3.05) is 14.1 Å². The van der Waals surface area contributed by atoms with Crippen molar-refractivity contribution in [3.63, 3.8) is 0 Å². The van der Waals surface area contributed by atoms with E-state index < -0.39 is 28.3 Å². The lowest BCUT2D eigenvalue weighted by atomic mass is 9.73. The van der Waals surface area contributed by atoms with Gasteiger partial charge in [0.15, 0.2) is 0 Å². The summed E-state index contributed by atoms with van der Waals surface area (Å²) < 4.78 is 0.814. The zero-order chi connectivity index (χ0) is 23.5. The van der Waals surface area contributed by atoms with Crippen LogP contribution in [-0.4, -0.2) is 41.2 Å². The highest BCUT2D eigenvalue weighted by molar-refractivity contribution is 9.10. The van der Waals surface area contributed by atoms with Gasteiger partial charge in [-0.3, -0.25) is 4.79 Å². The SMILES string of the molecule is CN(C)C(=O)C1C(O)C2(O)c3ccc(Br)cc3SC2(c2ccc(Br)cc2)C1c1ccccc1. The van der Waals surface area contributed by atoms with Gasteiger partial charge < -0.3 is 15.1 Å². The van der Waals surface area contributed by atoms with Crippen molar-refractivity contribution in [3.05, 3.63) is 98.4 Å². The Hall–Kier alpha value is -1.64. The molecule has 0 bridgehead atoms. The Morgan fingerprint density at radius 3 is 2.24 bits per heavy atom. The maximum Gasteiger partial charge on any atom is 0.228 e. The number of aliphatic hydroxyl groups is 2. The minimum Gasteiger partial charge on any atom is -0.389 e. The first-order valence-electron chi connectivity index (χ1n) is 10.6. The summed E-state index contributed by atoms with van der Waals surface area (Å²) in [5.41, 5.74) is 0.766. The molecule has 5 atom stereocenters. The summed E-state index contributed by atoms with van der Waals surface area (Å²) in [6.45, 7) is 0. The third-order valence-electron chi connectivity index (χ3n) is 6.91. The molecule has 5 unspecified atom stereocenters. The van der Waals surface area contributed by atoms with Crippen LogP contribution in [-0.2, 0) is 15.1 Å². The van der Waals surface area contributed by atoms with Gasteiger partial charge in [-0.05, 0) is 35.4 Å². The van der Waals surface area contributed by atoms with Gasteiger partial charge in [0.2, 0.25) is 5.91 Å². The second kappa shape index (κ2) is 8.24. The fourth-order valence-electron chi connectivity index (χ4n) is 5.56. The molecule has 2 N–H and O–H groups in total. The number of hydrogen-bond donors (Lipinski definition) is 2. The standard InChI is InChI=1S/C26H23Br2NO3S/c1-29(2)24(31)21-22(15-6-4-3-5-7-15)26(16-8-10-17(27)11-9-16)25(32,23(21)30)19-13-12-18(28)14-20(19)33-26/h3-14,21-23,30,32H,1-2H3. The van der Waals surface area contributed by atoms with Gasteiger partial charge in [-0.25, -0.2) is 0 Å². The van der Waals surface area contributed by atoms with Crippen LogP contribution in [0.15, 0.2) is 86.6 Å². The van der Waals surface area contributed by atoms with Crippen LogP contribution in [0.4, 0.5) is 0 Å². The number of rotatable bonds is 3. The number of nitrogens with zero attached hydrogens (tertiary/aromatic N) is 1. The number of hydrogen-bond acceptors (Lipinski definition) is 4. The van der Waals surface area contributed by atoms with Gasteiger partial charge >= 0.3 is 0 Å². The number of carbonyl (C=O) groups is 1. The molecule has 33 heavy (non-hydrogen) atoms. The lowest BCUT2D eigenvalue weighted by Crippen LogP contribution is -2.48. The predicted octanol–water partition coefficient (Wildman–Crippen LogP) is 5.26. The van der Waals surface area contributed by atoms with Crippen molar-refractivity contribution < 1.29 is 15.0 Å². The first-order chi connectivity index (χ1) is 15.7. The predicted molar refractivity (Wildman–Crippen MR) is 137 cm³/mol. The van der Waals surface area contributed by atoms with Gasteiger partial charge in [0.05, 0.1) is 10.7 Å². The molecule has 170 valence electrons.